The minimum Gasteiger partial charge on any atom is -0.298 e. The molecule has 8 heteroatoms. The van der Waals surface area contributed by atoms with Crippen molar-refractivity contribution < 1.29 is 9.18 Å². The lowest BCUT2D eigenvalue weighted by molar-refractivity contribution is -0.116. The molecule has 0 aromatic heterocycles. The van der Waals surface area contributed by atoms with Gasteiger partial charge in [0.15, 0.2) is 11.3 Å². The normalized spacial score (nSPS) is 17.8. The van der Waals surface area contributed by atoms with Crippen LogP contribution in [-0.2, 0) is 4.79 Å². The molecule has 0 fully saturated rings. The fraction of sp³-hybridized carbons (Fsp3) is 0.286. The highest BCUT2D eigenvalue weighted by atomic mass is 79.9. The van der Waals surface area contributed by atoms with Crippen molar-refractivity contribution in [2.45, 2.75) is 32.4 Å². The minimum atomic E-state index is -0.531. The van der Waals surface area contributed by atoms with Crippen LogP contribution in [0.25, 0.3) is 5.70 Å². The molecule has 1 N–H and O–H groups in total. The molecular weight excluding hydrogens is 455 g/mol. The van der Waals surface area contributed by atoms with E-state index in [-0.39, 0.29) is 11.7 Å². The number of hydrogen-bond donors (Lipinski definition) is 1. The van der Waals surface area contributed by atoms with Crippen LogP contribution in [0.2, 0.25) is 0 Å². The van der Waals surface area contributed by atoms with Crippen molar-refractivity contribution in [1.29, 1.82) is 0 Å². The summed E-state index contributed by atoms with van der Waals surface area (Å²) in [5, 5.41) is 11.3. The first-order valence-electron chi connectivity index (χ1n) is 9.52. The van der Waals surface area contributed by atoms with E-state index >= 15 is 0 Å². The summed E-state index contributed by atoms with van der Waals surface area (Å²) in [4.78, 5) is 17.8. The molecular formula is C21H20BrFN4OS. The molecule has 1 atom stereocenters. The van der Waals surface area contributed by atoms with E-state index in [1.807, 2.05) is 18.2 Å². The van der Waals surface area contributed by atoms with Crippen molar-refractivity contribution in [3.05, 3.63) is 68.9 Å². The first kappa shape index (κ1) is 20.1. The van der Waals surface area contributed by atoms with E-state index < -0.39 is 6.17 Å². The summed E-state index contributed by atoms with van der Waals surface area (Å²) in [5.41, 5.74) is 1.22. The molecule has 0 radical (unpaired) electrons. The molecule has 0 saturated carbocycles. The highest BCUT2D eigenvalue weighted by Crippen LogP contribution is 2.31. The van der Waals surface area contributed by atoms with E-state index in [1.165, 1.54) is 23.9 Å². The van der Waals surface area contributed by atoms with Crippen molar-refractivity contribution in [2.75, 3.05) is 5.75 Å². The van der Waals surface area contributed by atoms with Gasteiger partial charge >= 0.3 is 0 Å². The summed E-state index contributed by atoms with van der Waals surface area (Å²) in [6, 6.07) is 11.8. The molecule has 150 valence electrons. The fourth-order valence-electron chi connectivity index (χ4n) is 3.29. The van der Waals surface area contributed by atoms with Gasteiger partial charge in [-0.05, 0) is 42.3 Å². The fourth-order valence-corrected chi connectivity index (χ4v) is 4.50. The van der Waals surface area contributed by atoms with Crippen LogP contribution in [-0.4, -0.2) is 21.8 Å². The lowest BCUT2D eigenvalue weighted by Crippen LogP contribution is -2.50. The molecule has 2 aromatic carbocycles. The average Bonchev–Trinajstić information content (AvgIpc) is 2.71. The highest BCUT2D eigenvalue weighted by Gasteiger charge is 2.34. The Bertz CT molecular complexity index is 1090. The van der Waals surface area contributed by atoms with Gasteiger partial charge in [-0.3, -0.25) is 15.1 Å². The van der Waals surface area contributed by atoms with Gasteiger partial charge in [-0.2, -0.15) is 0 Å². The van der Waals surface area contributed by atoms with Crippen molar-refractivity contribution in [1.82, 2.24) is 10.3 Å². The Hall–Kier alpha value is -2.19. The third-order valence-electron chi connectivity index (χ3n) is 4.72. The van der Waals surface area contributed by atoms with Crippen LogP contribution in [0.3, 0.4) is 0 Å². The topological polar surface area (TPSA) is 57.1 Å². The summed E-state index contributed by atoms with van der Waals surface area (Å²) >= 11 is 5.00. The number of unbranched alkanes of at least 4 members (excludes halogenated alkanes) is 2. The summed E-state index contributed by atoms with van der Waals surface area (Å²) < 4.78 is 14.3. The maximum absolute atomic E-state index is 13.4. The summed E-state index contributed by atoms with van der Waals surface area (Å²) in [6.07, 6.45) is 2.82. The zero-order valence-corrected chi connectivity index (χ0v) is 18.3. The smallest absolute Gasteiger partial charge is 0.276 e. The molecule has 0 unspecified atom stereocenters. The van der Waals surface area contributed by atoms with Gasteiger partial charge in [-0.25, -0.2) is 9.40 Å². The van der Waals surface area contributed by atoms with E-state index in [0.29, 0.717) is 21.4 Å². The number of amides is 1. The lowest BCUT2D eigenvalue weighted by Gasteiger charge is -2.34. The molecule has 1 amide bonds. The molecule has 5 nitrogen and oxygen atoms in total. The Morgan fingerprint density at radius 2 is 2.00 bits per heavy atom. The van der Waals surface area contributed by atoms with Crippen LogP contribution >= 0.6 is 27.7 Å². The molecule has 0 bridgehead atoms. The van der Waals surface area contributed by atoms with Crippen molar-refractivity contribution in [3.63, 3.8) is 0 Å². The predicted octanol–water partition coefficient (Wildman–Crippen LogP) is 3.65. The largest absolute Gasteiger partial charge is 0.298 e. The van der Waals surface area contributed by atoms with Crippen LogP contribution in [0.1, 0.15) is 37.9 Å². The maximum atomic E-state index is 13.4. The quantitative estimate of drug-likeness (QED) is 0.672. The molecule has 29 heavy (non-hydrogen) atoms. The van der Waals surface area contributed by atoms with Gasteiger partial charge in [0.05, 0.1) is 5.36 Å². The van der Waals surface area contributed by atoms with E-state index in [1.54, 1.807) is 17.1 Å². The van der Waals surface area contributed by atoms with E-state index in [0.717, 1.165) is 35.1 Å². The van der Waals surface area contributed by atoms with E-state index in [4.69, 9.17) is 10.1 Å². The third-order valence-corrected chi connectivity index (χ3v) is 6.17. The Morgan fingerprint density at radius 1 is 1.21 bits per heavy atom. The number of benzene rings is 2. The minimum absolute atomic E-state index is 0.209. The number of hydrazone groups is 1. The number of thioether (sulfide) groups is 1. The monoisotopic (exact) mass is 474 g/mol. The number of halogens is 2. The number of fused-ring (bicyclic) bond motifs is 2. The summed E-state index contributed by atoms with van der Waals surface area (Å²) in [6.45, 7) is 2.16. The van der Waals surface area contributed by atoms with Crippen molar-refractivity contribution in [2.24, 2.45) is 10.1 Å². The number of nitrogens with zero attached hydrogens (tertiary/aromatic N) is 3. The molecule has 2 heterocycles. The Labute approximate surface area is 180 Å². The molecule has 2 aromatic rings. The third kappa shape index (κ3) is 4.23. The molecule has 0 spiro atoms. The molecule has 0 saturated heterocycles. The summed E-state index contributed by atoms with van der Waals surface area (Å²) in [7, 11) is 0. The van der Waals surface area contributed by atoms with Crippen LogP contribution < -0.4 is 15.9 Å². The second-order valence-corrected chi connectivity index (χ2v) is 8.82. The number of rotatable bonds is 5. The second-order valence-electron chi connectivity index (χ2n) is 6.82. The van der Waals surface area contributed by atoms with Gasteiger partial charge < -0.3 is 0 Å². The average molecular weight is 475 g/mol. The number of nitrogens with one attached hydrogen (secondary N) is 1. The van der Waals surface area contributed by atoms with Crippen LogP contribution in [0, 0.1) is 5.82 Å². The molecule has 0 aliphatic carbocycles. The SMILES string of the molecule is CCCCCSC1=NN2C(=c3cc(Br)ccc3=N[C@@H]2c2ccc(F)cc2)C(=O)N1. The molecule has 4 rings (SSSR count). The van der Waals surface area contributed by atoms with Crippen molar-refractivity contribution >= 4 is 44.5 Å². The van der Waals surface area contributed by atoms with Crippen LogP contribution in [0.5, 0.6) is 0 Å². The Morgan fingerprint density at radius 3 is 2.76 bits per heavy atom. The number of hydrogen-bond acceptors (Lipinski definition) is 5. The first-order chi connectivity index (χ1) is 14.1. The lowest BCUT2D eigenvalue weighted by atomic mass is 10.1. The van der Waals surface area contributed by atoms with Gasteiger partial charge in [0.25, 0.3) is 5.91 Å². The molecule has 2 aliphatic rings. The first-order valence-corrected chi connectivity index (χ1v) is 11.3. The van der Waals surface area contributed by atoms with Gasteiger partial charge in [0.2, 0.25) is 0 Å². The van der Waals surface area contributed by atoms with E-state index in [9.17, 15) is 9.18 Å². The Balaban J connectivity index is 1.79. The highest BCUT2D eigenvalue weighted by molar-refractivity contribution is 9.10. The maximum Gasteiger partial charge on any atom is 0.276 e. The van der Waals surface area contributed by atoms with Gasteiger partial charge in [-0.15, -0.1) is 5.10 Å². The number of amidine groups is 1. The number of carbonyl (C=O) groups is 1. The zero-order valence-electron chi connectivity index (χ0n) is 15.9. The van der Waals surface area contributed by atoms with Crippen LogP contribution in [0.15, 0.2) is 57.0 Å². The predicted molar refractivity (Wildman–Crippen MR) is 117 cm³/mol. The standard InChI is InChI=1S/C21H20BrFN4OS/c1-2-3-4-11-29-21-25-20(28)18-16-12-14(22)7-10-17(16)24-19(27(18)26-21)13-5-8-15(23)9-6-13/h5-10,12,19H,2-4,11H2,1H3,(H,25,26,28)/t19-/m0/s1. The van der Waals surface area contributed by atoms with Gasteiger partial charge in [0.1, 0.15) is 11.5 Å². The summed E-state index contributed by atoms with van der Waals surface area (Å²) in [5.74, 6) is 0.362. The van der Waals surface area contributed by atoms with Gasteiger partial charge in [-0.1, -0.05) is 59.6 Å². The number of carbonyl (C=O) groups excluding carboxylic acids is 1. The Kier molecular flexibility index (Phi) is 6.01. The van der Waals surface area contributed by atoms with Crippen molar-refractivity contribution in [3.8, 4) is 0 Å². The molecule has 2 aliphatic heterocycles. The van der Waals surface area contributed by atoms with Gasteiger partial charge in [0, 0.05) is 15.4 Å². The second kappa shape index (κ2) is 8.67. The van der Waals surface area contributed by atoms with Crippen LogP contribution in [0.4, 0.5) is 4.39 Å². The van der Waals surface area contributed by atoms with E-state index in [2.05, 4.69) is 28.2 Å². The zero-order chi connectivity index (χ0) is 20.4.